The Bertz CT molecular complexity index is 2220. The maximum absolute atomic E-state index is 6.63. The predicted octanol–water partition coefficient (Wildman–Crippen LogP) is 15.5. The average molecular weight is 761 g/mol. The summed E-state index contributed by atoms with van der Waals surface area (Å²) >= 11 is 0. The second kappa shape index (κ2) is 15.8. The summed E-state index contributed by atoms with van der Waals surface area (Å²) in [4.78, 5) is 0. The molecule has 0 N–H and O–H groups in total. The number of hydrogen-bond acceptors (Lipinski definition) is 4. The van der Waals surface area contributed by atoms with Crippen LogP contribution in [0.15, 0.2) is 72.8 Å². The lowest BCUT2D eigenvalue weighted by Gasteiger charge is -2.29. The fourth-order valence-corrected chi connectivity index (χ4v) is 7.95. The predicted molar refractivity (Wildman–Crippen MR) is 237 cm³/mol. The van der Waals surface area contributed by atoms with E-state index in [-0.39, 0.29) is 5.41 Å². The van der Waals surface area contributed by atoms with E-state index in [9.17, 15) is 0 Å². The summed E-state index contributed by atoms with van der Waals surface area (Å²) in [6.07, 6.45) is 0. The minimum absolute atomic E-state index is 0.264. The Morgan fingerprint density at radius 3 is 0.649 bits per heavy atom. The van der Waals surface area contributed by atoms with E-state index in [1.165, 1.54) is 44.5 Å². The Labute approximate surface area is 341 Å². The largest absolute Gasteiger partial charge is 0.457 e. The molecule has 0 aromatic heterocycles. The molecule has 6 rings (SSSR count). The van der Waals surface area contributed by atoms with Crippen LogP contribution in [-0.2, 0) is 5.41 Å². The van der Waals surface area contributed by atoms with Crippen molar-refractivity contribution in [3.8, 4) is 46.0 Å². The van der Waals surface area contributed by atoms with Crippen LogP contribution in [0, 0.1) is 96.9 Å². The lowest BCUT2D eigenvalue weighted by atomic mass is 9.76. The summed E-state index contributed by atoms with van der Waals surface area (Å²) in [7, 11) is 0. The van der Waals surface area contributed by atoms with E-state index >= 15 is 0 Å². The normalized spacial score (nSPS) is 11.5. The third-order valence-corrected chi connectivity index (χ3v) is 11.9. The van der Waals surface area contributed by atoms with Gasteiger partial charge in [-0.2, -0.15) is 0 Å². The van der Waals surface area contributed by atoms with Crippen molar-refractivity contribution >= 4 is 0 Å². The van der Waals surface area contributed by atoms with Crippen LogP contribution in [0.3, 0.4) is 0 Å². The molecule has 0 radical (unpaired) electrons. The minimum Gasteiger partial charge on any atom is -0.457 e. The molecule has 0 heterocycles. The Hall–Kier alpha value is -5.48. The van der Waals surface area contributed by atoms with Crippen LogP contribution in [0.4, 0.5) is 0 Å². The van der Waals surface area contributed by atoms with Crippen LogP contribution in [0.5, 0.6) is 46.0 Å². The molecule has 57 heavy (non-hydrogen) atoms. The third kappa shape index (κ3) is 8.47. The van der Waals surface area contributed by atoms with Crippen molar-refractivity contribution in [2.75, 3.05) is 0 Å². The van der Waals surface area contributed by atoms with Crippen LogP contribution in [0.25, 0.3) is 0 Å². The zero-order chi connectivity index (χ0) is 41.7. The Morgan fingerprint density at radius 1 is 0.263 bits per heavy atom. The first kappa shape index (κ1) is 41.2. The van der Waals surface area contributed by atoms with Crippen molar-refractivity contribution in [1.29, 1.82) is 0 Å². The molecule has 4 heteroatoms. The summed E-state index contributed by atoms with van der Waals surface area (Å²) in [5.41, 5.74) is 18.2. The summed E-state index contributed by atoms with van der Waals surface area (Å²) in [5, 5.41) is 0. The van der Waals surface area contributed by atoms with Crippen molar-refractivity contribution in [2.45, 2.75) is 116 Å². The monoisotopic (exact) mass is 760 g/mol. The van der Waals surface area contributed by atoms with Gasteiger partial charge in [-0.05, 0) is 234 Å². The number of benzene rings is 6. The van der Waals surface area contributed by atoms with Gasteiger partial charge in [-0.15, -0.1) is 0 Å². The fraction of sp³-hybridized carbons (Fsp3) is 0.321. The zero-order valence-electron chi connectivity index (χ0n) is 37.1. The summed E-state index contributed by atoms with van der Waals surface area (Å²) in [6, 6.07) is 25.8. The van der Waals surface area contributed by atoms with Crippen LogP contribution in [0.2, 0.25) is 0 Å². The molecule has 6 aromatic carbocycles. The third-order valence-electron chi connectivity index (χ3n) is 11.9. The van der Waals surface area contributed by atoms with Crippen molar-refractivity contribution < 1.29 is 18.9 Å². The Kier molecular flexibility index (Phi) is 11.4. The maximum atomic E-state index is 6.63. The SMILES string of the molecule is Cc1cc(Oc2c(C)cc(Oc3c(C)cc(C(C)(C)c4cc(C)c(Oc5cc(C)c(Oc6cc(C)c(C)c(C)c6)c(C)c5)c(C)c4)cc3C)cc2C)cc(C)c1C. The van der Waals surface area contributed by atoms with Crippen molar-refractivity contribution in [1.82, 2.24) is 0 Å². The maximum Gasteiger partial charge on any atom is 0.133 e. The summed E-state index contributed by atoms with van der Waals surface area (Å²) in [6.45, 7) is 34.3. The molecule has 0 aliphatic rings. The van der Waals surface area contributed by atoms with Gasteiger partial charge in [0, 0.05) is 5.41 Å². The molecule has 0 saturated heterocycles. The van der Waals surface area contributed by atoms with Gasteiger partial charge in [-0.1, -0.05) is 38.1 Å². The van der Waals surface area contributed by atoms with Gasteiger partial charge in [-0.25, -0.2) is 0 Å². The number of aryl methyl sites for hydroxylation is 12. The summed E-state index contributed by atoms with van der Waals surface area (Å²) in [5.74, 6) is 6.83. The molecule has 0 spiro atoms. The molecule has 296 valence electrons. The number of ether oxygens (including phenoxy) is 4. The smallest absolute Gasteiger partial charge is 0.133 e. The molecule has 0 unspecified atom stereocenters. The first-order valence-corrected chi connectivity index (χ1v) is 20.1. The molecular formula is C53H60O4. The molecule has 0 fully saturated rings. The number of rotatable bonds is 10. The highest BCUT2D eigenvalue weighted by Crippen LogP contribution is 2.42. The molecule has 0 amide bonds. The van der Waals surface area contributed by atoms with Gasteiger partial charge in [0.1, 0.15) is 46.0 Å². The Morgan fingerprint density at radius 2 is 0.439 bits per heavy atom. The van der Waals surface area contributed by atoms with Crippen LogP contribution < -0.4 is 18.9 Å². The van der Waals surface area contributed by atoms with E-state index < -0.39 is 0 Å². The second-order valence-corrected chi connectivity index (χ2v) is 17.0. The average Bonchev–Trinajstić information content (AvgIpc) is 3.12. The van der Waals surface area contributed by atoms with Gasteiger partial charge in [0.25, 0.3) is 0 Å². The molecular weight excluding hydrogens is 701 g/mol. The molecule has 0 atom stereocenters. The topological polar surface area (TPSA) is 36.9 Å². The zero-order valence-corrected chi connectivity index (χ0v) is 37.1. The molecule has 0 saturated carbocycles. The quantitative estimate of drug-likeness (QED) is 0.139. The first-order chi connectivity index (χ1) is 26.7. The van der Waals surface area contributed by atoms with E-state index in [1.54, 1.807) is 0 Å². The van der Waals surface area contributed by atoms with Crippen molar-refractivity contribution in [2.24, 2.45) is 0 Å². The molecule has 4 nitrogen and oxygen atoms in total. The highest BCUT2D eigenvalue weighted by molar-refractivity contribution is 5.56. The van der Waals surface area contributed by atoms with Gasteiger partial charge in [0.2, 0.25) is 0 Å². The lowest BCUT2D eigenvalue weighted by molar-refractivity contribution is 0.458. The van der Waals surface area contributed by atoms with E-state index in [0.717, 1.165) is 90.5 Å². The molecule has 0 aliphatic carbocycles. The second-order valence-electron chi connectivity index (χ2n) is 17.0. The molecule has 0 bridgehead atoms. The first-order valence-electron chi connectivity index (χ1n) is 20.1. The van der Waals surface area contributed by atoms with Crippen molar-refractivity contribution in [3.63, 3.8) is 0 Å². The van der Waals surface area contributed by atoms with E-state index in [0.29, 0.717) is 0 Å². The molecule has 6 aromatic rings. The Balaban J connectivity index is 1.21. The van der Waals surface area contributed by atoms with Gasteiger partial charge in [-0.3, -0.25) is 0 Å². The molecule has 0 aliphatic heterocycles. The highest BCUT2D eigenvalue weighted by atomic mass is 16.5. The van der Waals surface area contributed by atoms with Crippen LogP contribution >= 0.6 is 0 Å². The van der Waals surface area contributed by atoms with Crippen LogP contribution in [0.1, 0.15) is 103 Å². The van der Waals surface area contributed by atoms with Gasteiger partial charge in [0.15, 0.2) is 0 Å². The van der Waals surface area contributed by atoms with Gasteiger partial charge >= 0.3 is 0 Å². The number of hydrogen-bond donors (Lipinski definition) is 0. The highest BCUT2D eigenvalue weighted by Gasteiger charge is 2.27. The lowest BCUT2D eigenvalue weighted by Crippen LogP contribution is -2.20. The van der Waals surface area contributed by atoms with E-state index in [1.807, 2.05) is 0 Å². The minimum atomic E-state index is -0.264. The van der Waals surface area contributed by atoms with Gasteiger partial charge < -0.3 is 18.9 Å². The van der Waals surface area contributed by atoms with E-state index in [4.69, 9.17) is 18.9 Å². The fourth-order valence-electron chi connectivity index (χ4n) is 7.95. The van der Waals surface area contributed by atoms with E-state index in [2.05, 4.69) is 184 Å². The summed E-state index contributed by atoms with van der Waals surface area (Å²) < 4.78 is 26.1. The van der Waals surface area contributed by atoms with Gasteiger partial charge in [0.05, 0.1) is 0 Å². The van der Waals surface area contributed by atoms with Crippen molar-refractivity contribution in [3.05, 3.63) is 162 Å². The standard InChI is InChI=1S/C53H60O4/c1-29-21-45(22-30(2)41(29)13)54-51-37(9)25-47(26-38(51)10)56-49-33(5)17-43(18-34(49)6)53(15,16)44-19-35(7)50(36(8)20-44)57-48-27-39(11)52(40(12)28-48)55-46-23-31(3)42(14)32(4)24-46/h17-28H,1-16H3. The van der Waals surface area contributed by atoms with Crippen LogP contribution in [-0.4, -0.2) is 0 Å².